The summed E-state index contributed by atoms with van der Waals surface area (Å²) in [5.74, 6) is -0.0364. The molecule has 1 aromatic carbocycles. The number of nitrogens with one attached hydrogen (secondary N) is 1. The number of thioether (sulfide) groups is 1. The van der Waals surface area contributed by atoms with Crippen LogP contribution in [0.25, 0.3) is 5.69 Å². The van der Waals surface area contributed by atoms with Gasteiger partial charge in [0.05, 0.1) is 18.0 Å². The molecular formula is C15H16F3N3O2S. The summed E-state index contributed by atoms with van der Waals surface area (Å²) < 4.78 is 43.4. The second-order valence-electron chi connectivity index (χ2n) is 4.87. The molecule has 5 nitrogen and oxygen atoms in total. The summed E-state index contributed by atoms with van der Waals surface area (Å²) >= 11 is 1.08. The van der Waals surface area contributed by atoms with Gasteiger partial charge in [0.15, 0.2) is 5.16 Å². The first-order valence-corrected chi connectivity index (χ1v) is 7.87. The molecule has 0 radical (unpaired) electrons. The molecule has 0 saturated carbocycles. The molecule has 9 heteroatoms. The molecule has 0 bridgehead atoms. The molecular weight excluding hydrogens is 343 g/mol. The Balaban J connectivity index is 2.08. The van der Waals surface area contributed by atoms with Crippen molar-refractivity contribution in [3.8, 4) is 11.4 Å². The molecule has 0 fully saturated rings. The van der Waals surface area contributed by atoms with Crippen molar-refractivity contribution in [2.24, 2.45) is 0 Å². The highest BCUT2D eigenvalue weighted by molar-refractivity contribution is 8.00. The summed E-state index contributed by atoms with van der Waals surface area (Å²) in [6.07, 6.45) is -1.17. The Labute approximate surface area is 141 Å². The number of rotatable bonds is 6. The Morgan fingerprint density at radius 1 is 1.46 bits per heavy atom. The molecule has 24 heavy (non-hydrogen) atoms. The Morgan fingerprint density at radius 2 is 2.21 bits per heavy atom. The van der Waals surface area contributed by atoms with Crippen LogP contribution in [0.15, 0.2) is 41.8 Å². The molecule has 2 aromatic rings. The molecule has 1 N–H and O–H groups in total. The average molecular weight is 359 g/mol. The van der Waals surface area contributed by atoms with Crippen LogP contribution in [0.3, 0.4) is 0 Å². The number of amides is 1. The van der Waals surface area contributed by atoms with E-state index in [2.05, 4.69) is 4.98 Å². The van der Waals surface area contributed by atoms with Gasteiger partial charge < -0.3 is 10.1 Å². The predicted octanol–water partition coefficient (Wildman–Crippen LogP) is 3.04. The third kappa shape index (κ3) is 4.92. The Bertz CT molecular complexity index is 703. The molecule has 130 valence electrons. The minimum absolute atomic E-state index is 0.498. The highest BCUT2D eigenvalue weighted by Crippen LogP contribution is 2.26. The normalized spacial score (nSPS) is 12.7. The first-order valence-electron chi connectivity index (χ1n) is 6.99. The SMILES string of the molecule is COc1cccc(-n2ccnc2SC(C)C(=O)NCC(F)(F)F)c1. The number of aromatic nitrogens is 2. The van der Waals surface area contributed by atoms with Gasteiger partial charge in [0.25, 0.3) is 0 Å². The topological polar surface area (TPSA) is 56.2 Å². The second kappa shape index (κ2) is 7.61. The minimum Gasteiger partial charge on any atom is -0.497 e. The van der Waals surface area contributed by atoms with Crippen molar-refractivity contribution in [1.82, 2.24) is 14.9 Å². The quantitative estimate of drug-likeness (QED) is 0.806. The zero-order valence-corrected chi connectivity index (χ0v) is 13.8. The Kier molecular flexibility index (Phi) is 5.76. The number of carbonyl (C=O) groups is 1. The van der Waals surface area contributed by atoms with Crippen molar-refractivity contribution >= 4 is 17.7 Å². The van der Waals surface area contributed by atoms with Crippen LogP contribution in [0.4, 0.5) is 13.2 Å². The van der Waals surface area contributed by atoms with Crippen LogP contribution in [0, 0.1) is 0 Å². The van der Waals surface area contributed by atoms with E-state index in [1.165, 1.54) is 6.92 Å². The number of benzene rings is 1. The van der Waals surface area contributed by atoms with Gasteiger partial charge in [0.2, 0.25) is 5.91 Å². The van der Waals surface area contributed by atoms with Crippen molar-refractivity contribution in [2.45, 2.75) is 23.5 Å². The van der Waals surface area contributed by atoms with E-state index in [1.807, 2.05) is 17.4 Å². The molecule has 2 rings (SSSR count). The highest BCUT2D eigenvalue weighted by atomic mass is 32.2. The van der Waals surface area contributed by atoms with Gasteiger partial charge in [0.1, 0.15) is 12.3 Å². The predicted molar refractivity (Wildman–Crippen MR) is 84.5 cm³/mol. The zero-order chi connectivity index (χ0) is 17.7. The van der Waals surface area contributed by atoms with Crippen LogP contribution in [0.1, 0.15) is 6.92 Å². The van der Waals surface area contributed by atoms with Crippen molar-refractivity contribution in [3.63, 3.8) is 0 Å². The molecule has 1 heterocycles. The lowest BCUT2D eigenvalue weighted by atomic mass is 10.3. The van der Waals surface area contributed by atoms with E-state index in [1.54, 1.807) is 36.2 Å². The first kappa shape index (κ1) is 18.2. The number of methoxy groups -OCH3 is 1. The van der Waals surface area contributed by atoms with Gasteiger partial charge in [-0.25, -0.2) is 4.98 Å². The fourth-order valence-electron chi connectivity index (χ4n) is 1.88. The lowest BCUT2D eigenvalue weighted by Crippen LogP contribution is -2.38. The molecule has 1 unspecified atom stereocenters. The van der Waals surface area contributed by atoms with Crippen LogP contribution in [0.2, 0.25) is 0 Å². The molecule has 1 aromatic heterocycles. The molecule has 0 saturated heterocycles. The Morgan fingerprint density at radius 3 is 2.88 bits per heavy atom. The number of nitrogens with zero attached hydrogens (tertiary/aromatic N) is 2. The van der Waals surface area contributed by atoms with Crippen molar-refractivity contribution < 1.29 is 22.7 Å². The number of hydrogen-bond acceptors (Lipinski definition) is 4. The Hall–Kier alpha value is -2.16. The maximum atomic E-state index is 12.2. The minimum atomic E-state index is -4.43. The number of hydrogen-bond donors (Lipinski definition) is 1. The van der Waals surface area contributed by atoms with E-state index in [-0.39, 0.29) is 0 Å². The van der Waals surface area contributed by atoms with Crippen LogP contribution >= 0.6 is 11.8 Å². The van der Waals surface area contributed by atoms with Gasteiger partial charge in [-0.3, -0.25) is 9.36 Å². The summed E-state index contributed by atoms with van der Waals surface area (Å²) in [7, 11) is 1.55. The standard InChI is InChI=1S/C15H16F3N3O2S/c1-10(13(22)20-9-15(16,17)18)24-14-19-6-7-21(14)11-4-3-5-12(8-11)23-2/h3-8,10H,9H2,1-2H3,(H,20,22). The molecule has 1 amide bonds. The van der Waals surface area contributed by atoms with Crippen molar-refractivity contribution in [3.05, 3.63) is 36.7 Å². The summed E-state index contributed by atoms with van der Waals surface area (Å²) in [6, 6.07) is 7.23. The molecule has 0 aliphatic carbocycles. The fraction of sp³-hybridized carbons (Fsp3) is 0.333. The third-order valence-electron chi connectivity index (χ3n) is 3.05. The fourth-order valence-corrected chi connectivity index (χ4v) is 2.78. The lowest BCUT2D eigenvalue weighted by Gasteiger charge is -2.14. The van der Waals surface area contributed by atoms with E-state index in [4.69, 9.17) is 4.74 Å². The number of halogens is 3. The molecule has 0 aliphatic heterocycles. The first-order chi connectivity index (χ1) is 11.3. The van der Waals surface area contributed by atoms with Crippen LogP contribution in [0.5, 0.6) is 5.75 Å². The van der Waals surface area contributed by atoms with Gasteiger partial charge in [-0.15, -0.1) is 0 Å². The summed E-state index contributed by atoms with van der Waals surface area (Å²) in [6.45, 7) is 0.183. The number of carbonyl (C=O) groups excluding carboxylic acids is 1. The third-order valence-corrected chi connectivity index (χ3v) is 4.13. The van der Waals surface area contributed by atoms with E-state index in [0.29, 0.717) is 10.9 Å². The van der Waals surface area contributed by atoms with E-state index >= 15 is 0 Å². The zero-order valence-electron chi connectivity index (χ0n) is 13.0. The van der Waals surface area contributed by atoms with Gasteiger partial charge in [0, 0.05) is 18.5 Å². The lowest BCUT2D eigenvalue weighted by molar-refractivity contribution is -0.137. The van der Waals surface area contributed by atoms with Crippen LogP contribution in [-0.2, 0) is 4.79 Å². The summed E-state index contributed by atoms with van der Waals surface area (Å²) in [5.41, 5.74) is 0.775. The number of ether oxygens (including phenoxy) is 1. The van der Waals surface area contributed by atoms with Crippen molar-refractivity contribution in [1.29, 1.82) is 0 Å². The summed E-state index contributed by atoms with van der Waals surface area (Å²) in [5, 5.41) is 1.65. The molecule has 0 aliphatic rings. The number of alkyl halides is 3. The van der Waals surface area contributed by atoms with Gasteiger partial charge in [-0.1, -0.05) is 17.8 Å². The average Bonchev–Trinajstić information content (AvgIpc) is 3.00. The van der Waals surface area contributed by atoms with E-state index in [9.17, 15) is 18.0 Å². The number of imidazole rings is 1. The maximum Gasteiger partial charge on any atom is 0.405 e. The summed E-state index contributed by atoms with van der Waals surface area (Å²) in [4.78, 5) is 15.9. The van der Waals surface area contributed by atoms with E-state index < -0.39 is 23.9 Å². The monoisotopic (exact) mass is 359 g/mol. The second-order valence-corrected chi connectivity index (χ2v) is 6.18. The van der Waals surface area contributed by atoms with E-state index in [0.717, 1.165) is 17.4 Å². The highest BCUT2D eigenvalue weighted by Gasteiger charge is 2.29. The van der Waals surface area contributed by atoms with Gasteiger partial charge in [-0.05, 0) is 19.1 Å². The van der Waals surface area contributed by atoms with Gasteiger partial charge in [-0.2, -0.15) is 13.2 Å². The molecule has 1 atom stereocenters. The van der Waals surface area contributed by atoms with Gasteiger partial charge >= 0.3 is 6.18 Å². The largest absolute Gasteiger partial charge is 0.497 e. The van der Waals surface area contributed by atoms with Crippen LogP contribution in [-0.4, -0.2) is 40.5 Å². The van der Waals surface area contributed by atoms with Crippen molar-refractivity contribution in [2.75, 3.05) is 13.7 Å². The smallest absolute Gasteiger partial charge is 0.405 e. The maximum absolute atomic E-state index is 12.2. The van der Waals surface area contributed by atoms with Crippen LogP contribution < -0.4 is 10.1 Å². The molecule has 0 spiro atoms.